The van der Waals surface area contributed by atoms with Gasteiger partial charge in [0.15, 0.2) is 5.78 Å². The molecule has 1 N–H and O–H groups in total. The minimum atomic E-state index is -0.0573. The second-order valence-electron chi connectivity index (χ2n) is 3.74. The van der Waals surface area contributed by atoms with E-state index in [1.807, 2.05) is 0 Å². The van der Waals surface area contributed by atoms with Crippen molar-refractivity contribution in [3.05, 3.63) is 0 Å². The van der Waals surface area contributed by atoms with Crippen LogP contribution in [0, 0.1) is 0 Å². The molecular formula is C9H15NO. The molecule has 1 aliphatic heterocycles. The van der Waals surface area contributed by atoms with E-state index in [2.05, 4.69) is 5.32 Å². The van der Waals surface area contributed by atoms with Crippen molar-refractivity contribution in [1.29, 1.82) is 0 Å². The lowest BCUT2D eigenvalue weighted by Gasteiger charge is -2.32. The Labute approximate surface area is 67.4 Å². The van der Waals surface area contributed by atoms with E-state index in [0.29, 0.717) is 5.78 Å². The largest absolute Gasteiger partial charge is 0.305 e. The third-order valence-corrected chi connectivity index (χ3v) is 3.03. The Bertz CT molecular complexity index is 170. The molecule has 0 aromatic rings. The van der Waals surface area contributed by atoms with Crippen molar-refractivity contribution in [2.45, 2.75) is 44.1 Å². The number of Topliss-reactive ketones (excluding diaryl/α,β-unsaturated/α-hetero) is 1. The van der Waals surface area contributed by atoms with E-state index in [1.54, 1.807) is 0 Å². The minimum Gasteiger partial charge on any atom is -0.305 e. The van der Waals surface area contributed by atoms with Crippen LogP contribution in [-0.4, -0.2) is 17.9 Å². The number of rotatable bonds is 0. The molecule has 0 amide bonds. The van der Waals surface area contributed by atoms with Crippen molar-refractivity contribution in [3.8, 4) is 0 Å². The monoisotopic (exact) mass is 153 g/mol. The highest BCUT2D eigenvalue weighted by Crippen LogP contribution is 2.33. The summed E-state index contributed by atoms with van der Waals surface area (Å²) in [5.74, 6) is 0.473. The lowest BCUT2D eigenvalue weighted by molar-refractivity contribution is -0.126. The fourth-order valence-corrected chi connectivity index (χ4v) is 2.35. The van der Waals surface area contributed by atoms with Gasteiger partial charge >= 0.3 is 0 Å². The van der Waals surface area contributed by atoms with Crippen molar-refractivity contribution in [1.82, 2.24) is 5.32 Å². The van der Waals surface area contributed by atoms with E-state index in [1.165, 1.54) is 12.8 Å². The summed E-state index contributed by atoms with van der Waals surface area (Å²) in [7, 11) is 0. The first-order valence-electron chi connectivity index (χ1n) is 4.62. The standard InChI is InChI=1S/C9H15NO/c11-8-4-3-7-10-9(8)5-1-2-6-9/h10H,1-7H2. The number of carbonyl (C=O) groups excluding carboxylic acids is 1. The highest BCUT2D eigenvalue weighted by molar-refractivity contribution is 5.89. The van der Waals surface area contributed by atoms with E-state index in [0.717, 1.165) is 32.2 Å². The predicted molar refractivity (Wildman–Crippen MR) is 43.4 cm³/mol. The molecule has 0 unspecified atom stereocenters. The summed E-state index contributed by atoms with van der Waals surface area (Å²) in [5, 5.41) is 3.39. The Morgan fingerprint density at radius 2 is 1.91 bits per heavy atom. The van der Waals surface area contributed by atoms with E-state index in [-0.39, 0.29) is 5.54 Å². The van der Waals surface area contributed by atoms with Gasteiger partial charge in [0.1, 0.15) is 0 Å². The van der Waals surface area contributed by atoms with Crippen LogP contribution in [0.1, 0.15) is 38.5 Å². The van der Waals surface area contributed by atoms with E-state index in [4.69, 9.17) is 0 Å². The van der Waals surface area contributed by atoms with Gasteiger partial charge in [-0.15, -0.1) is 0 Å². The van der Waals surface area contributed by atoms with Gasteiger partial charge in [0.2, 0.25) is 0 Å². The maximum absolute atomic E-state index is 11.6. The summed E-state index contributed by atoms with van der Waals surface area (Å²) in [4.78, 5) is 11.6. The second-order valence-corrected chi connectivity index (χ2v) is 3.74. The average Bonchev–Trinajstić information content (AvgIpc) is 2.46. The molecule has 62 valence electrons. The highest BCUT2D eigenvalue weighted by Gasteiger charge is 2.41. The molecule has 0 radical (unpaired) electrons. The van der Waals surface area contributed by atoms with Crippen molar-refractivity contribution in [3.63, 3.8) is 0 Å². The highest BCUT2D eigenvalue weighted by atomic mass is 16.1. The van der Waals surface area contributed by atoms with E-state index in [9.17, 15) is 4.79 Å². The van der Waals surface area contributed by atoms with Gasteiger partial charge in [-0.05, 0) is 25.8 Å². The first-order chi connectivity index (χ1) is 5.33. The average molecular weight is 153 g/mol. The van der Waals surface area contributed by atoms with Crippen LogP contribution in [0.2, 0.25) is 0 Å². The van der Waals surface area contributed by atoms with E-state index >= 15 is 0 Å². The van der Waals surface area contributed by atoms with Gasteiger partial charge in [0, 0.05) is 6.42 Å². The molecule has 11 heavy (non-hydrogen) atoms. The van der Waals surface area contributed by atoms with Gasteiger partial charge in [-0.2, -0.15) is 0 Å². The topological polar surface area (TPSA) is 29.1 Å². The van der Waals surface area contributed by atoms with Gasteiger partial charge in [0.05, 0.1) is 5.54 Å². The zero-order chi connectivity index (χ0) is 7.73. The van der Waals surface area contributed by atoms with Crippen molar-refractivity contribution < 1.29 is 4.79 Å². The molecule has 0 aromatic carbocycles. The van der Waals surface area contributed by atoms with Gasteiger partial charge in [-0.3, -0.25) is 4.79 Å². The fraction of sp³-hybridized carbons (Fsp3) is 0.889. The summed E-state index contributed by atoms with van der Waals surface area (Å²) in [6, 6.07) is 0. The van der Waals surface area contributed by atoms with Gasteiger partial charge in [0.25, 0.3) is 0 Å². The van der Waals surface area contributed by atoms with Crippen LogP contribution >= 0.6 is 0 Å². The zero-order valence-corrected chi connectivity index (χ0v) is 6.86. The number of hydrogen-bond acceptors (Lipinski definition) is 2. The summed E-state index contributed by atoms with van der Waals surface area (Å²) in [6.07, 6.45) is 6.50. The van der Waals surface area contributed by atoms with Crippen molar-refractivity contribution in [2.24, 2.45) is 0 Å². The van der Waals surface area contributed by atoms with Gasteiger partial charge in [-0.25, -0.2) is 0 Å². The quantitative estimate of drug-likeness (QED) is 0.567. The fourth-order valence-electron chi connectivity index (χ4n) is 2.35. The first-order valence-corrected chi connectivity index (χ1v) is 4.62. The number of carbonyl (C=O) groups is 1. The molecule has 1 spiro atoms. The third-order valence-electron chi connectivity index (χ3n) is 3.03. The molecule has 1 aliphatic carbocycles. The van der Waals surface area contributed by atoms with Crippen LogP contribution in [0.15, 0.2) is 0 Å². The Kier molecular flexibility index (Phi) is 1.72. The maximum atomic E-state index is 11.6. The molecule has 1 saturated heterocycles. The molecule has 0 aromatic heterocycles. The molecule has 2 rings (SSSR count). The van der Waals surface area contributed by atoms with Crippen molar-refractivity contribution >= 4 is 5.78 Å². The second kappa shape index (κ2) is 2.59. The smallest absolute Gasteiger partial charge is 0.152 e. The number of ketones is 1. The zero-order valence-electron chi connectivity index (χ0n) is 6.86. The Balaban J connectivity index is 2.13. The Morgan fingerprint density at radius 1 is 1.18 bits per heavy atom. The van der Waals surface area contributed by atoms with Gasteiger partial charge in [-0.1, -0.05) is 12.8 Å². The van der Waals surface area contributed by atoms with Crippen LogP contribution < -0.4 is 5.32 Å². The molecule has 2 fully saturated rings. The third kappa shape index (κ3) is 1.09. The van der Waals surface area contributed by atoms with Crippen molar-refractivity contribution in [2.75, 3.05) is 6.54 Å². The van der Waals surface area contributed by atoms with Crippen LogP contribution in [-0.2, 0) is 4.79 Å². The van der Waals surface area contributed by atoms with Crippen LogP contribution in [0.4, 0.5) is 0 Å². The maximum Gasteiger partial charge on any atom is 0.152 e. The molecule has 0 bridgehead atoms. The molecule has 0 atom stereocenters. The number of hydrogen-bond donors (Lipinski definition) is 1. The summed E-state index contributed by atoms with van der Waals surface area (Å²) >= 11 is 0. The Morgan fingerprint density at radius 3 is 2.55 bits per heavy atom. The first kappa shape index (κ1) is 7.29. The SMILES string of the molecule is O=C1CCCNC12CCCC2. The Hall–Kier alpha value is -0.370. The summed E-state index contributed by atoms with van der Waals surface area (Å²) in [5.41, 5.74) is -0.0573. The molecule has 2 aliphatic rings. The normalized spacial score (nSPS) is 29.6. The predicted octanol–water partition coefficient (Wildman–Crippen LogP) is 1.25. The summed E-state index contributed by atoms with van der Waals surface area (Å²) in [6.45, 7) is 1.05. The lowest BCUT2D eigenvalue weighted by atomic mass is 9.86. The molecule has 2 nitrogen and oxygen atoms in total. The number of nitrogens with one attached hydrogen (secondary N) is 1. The number of piperidine rings is 1. The van der Waals surface area contributed by atoms with Crippen LogP contribution in [0.25, 0.3) is 0 Å². The van der Waals surface area contributed by atoms with Crippen LogP contribution in [0.3, 0.4) is 0 Å². The molecular weight excluding hydrogens is 138 g/mol. The molecule has 1 saturated carbocycles. The summed E-state index contributed by atoms with van der Waals surface area (Å²) < 4.78 is 0. The minimum absolute atomic E-state index is 0.0573. The van der Waals surface area contributed by atoms with Crippen LogP contribution in [0.5, 0.6) is 0 Å². The lowest BCUT2D eigenvalue weighted by Crippen LogP contribution is -2.53. The molecule has 1 heterocycles. The van der Waals surface area contributed by atoms with Gasteiger partial charge < -0.3 is 5.32 Å². The van der Waals surface area contributed by atoms with E-state index < -0.39 is 0 Å². The molecule has 2 heteroatoms.